The number of nitrogens with zero attached hydrogens (tertiary/aromatic N) is 1. The Morgan fingerprint density at radius 2 is 1.86 bits per heavy atom. The summed E-state index contributed by atoms with van der Waals surface area (Å²) in [5.41, 5.74) is 5.26. The molecule has 0 saturated heterocycles. The van der Waals surface area contributed by atoms with Gasteiger partial charge in [-0.1, -0.05) is 6.07 Å². The summed E-state index contributed by atoms with van der Waals surface area (Å²) in [5.74, 6) is 0.655. The molecule has 2 N–H and O–H groups in total. The van der Waals surface area contributed by atoms with E-state index in [-0.39, 0.29) is 12.4 Å². The van der Waals surface area contributed by atoms with Crippen LogP contribution in [0, 0.1) is 0 Å². The zero-order valence-corrected chi connectivity index (χ0v) is 11.1. The molecule has 112 valence electrons. The van der Waals surface area contributed by atoms with Gasteiger partial charge < -0.3 is 15.2 Å². The maximum absolute atomic E-state index is 12.6. The highest BCUT2D eigenvalue weighted by Gasteiger charge is 2.32. The maximum Gasteiger partial charge on any atom is 0.433 e. The molecule has 4 nitrogen and oxygen atoms in total. The highest BCUT2D eigenvalue weighted by atomic mass is 19.4. The van der Waals surface area contributed by atoms with E-state index in [2.05, 4.69) is 4.98 Å². The van der Waals surface area contributed by atoms with E-state index < -0.39 is 11.9 Å². The molecule has 1 aromatic carbocycles. The minimum atomic E-state index is -4.52. The molecule has 0 aliphatic rings. The molecule has 7 heteroatoms. The van der Waals surface area contributed by atoms with Crippen LogP contribution in [-0.4, -0.2) is 12.1 Å². The lowest BCUT2D eigenvalue weighted by Gasteiger charge is -2.11. The average molecular weight is 298 g/mol. The Labute approximate surface area is 119 Å². The summed E-state index contributed by atoms with van der Waals surface area (Å²) in [6, 6.07) is 8.33. The average Bonchev–Trinajstić information content (AvgIpc) is 2.46. The first-order chi connectivity index (χ1) is 9.92. The van der Waals surface area contributed by atoms with Gasteiger partial charge in [0.25, 0.3) is 0 Å². The van der Waals surface area contributed by atoms with Gasteiger partial charge in [-0.15, -0.1) is 0 Å². The fraction of sp³-hybridized carbons (Fsp3) is 0.214. The van der Waals surface area contributed by atoms with Crippen LogP contribution in [0.4, 0.5) is 13.2 Å². The van der Waals surface area contributed by atoms with Crippen molar-refractivity contribution in [2.75, 3.05) is 7.11 Å². The molecule has 2 aromatic rings. The van der Waals surface area contributed by atoms with Crippen LogP contribution >= 0.6 is 0 Å². The molecule has 0 radical (unpaired) electrons. The smallest absolute Gasteiger partial charge is 0.433 e. The van der Waals surface area contributed by atoms with Gasteiger partial charge in [-0.05, 0) is 23.8 Å². The number of hydrogen-bond acceptors (Lipinski definition) is 4. The third-order valence-electron chi connectivity index (χ3n) is 2.65. The largest absolute Gasteiger partial charge is 0.497 e. The molecule has 0 bridgehead atoms. The Balaban J connectivity index is 2.30. The third kappa shape index (κ3) is 3.85. The molecular formula is C14H13F3N2O2. The molecule has 0 aliphatic heterocycles. The van der Waals surface area contributed by atoms with Crippen molar-refractivity contribution in [2.24, 2.45) is 5.73 Å². The first kappa shape index (κ1) is 15.1. The lowest BCUT2D eigenvalue weighted by atomic mass is 10.2. The van der Waals surface area contributed by atoms with E-state index in [1.807, 2.05) is 0 Å². The summed E-state index contributed by atoms with van der Waals surface area (Å²) in [4.78, 5) is 3.43. The van der Waals surface area contributed by atoms with Crippen LogP contribution in [0.25, 0.3) is 0 Å². The van der Waals surface area contributed by atoms with Crippen LogP contribution in [0.2, 0.25) is 0 Å². The lowest BCUT2D eigenvalue weighted by molar-refractivity contribution is -0.141. The highest BCUT2D eigenvalue weighted by molar-refractivity contribution is 5.40. The van der Waals surface area contributed by atoms with Gasteiger partial charge in [0, 0.05) is 18.7 Å². The summed E-state index contributed by atoms with van der Waals surface area (Å²) >= 11 is 0. The summed E-state index contributed by atoms with van der Waals surface area (Å²) in [7, 11) is 1.47. The van der Waals surface area contributed by atoms with Crippen molar-refractivity contribution in [2.45, 2.75) is 12.7 Å². The van der Waals surface area contributed by atoms with Crippen LogP contribution in [0.15, 0.2) is 36.4 Å². The van der Waals surface area contributed by atoms with Crippen LogP contribution in [0.3, 0.4) is 0 Å². The molecular weight excluding hydrogens is 285 g/mol. The fourth-order valence-electron chi connectivity index (χ4n) is 1.68. The van der Waals surface area contributed by atoms with E-state index in [1.165, 1.54) is 19.2 Å². The molecule has 2 rings (SSSR count). The number of halogens is 3. The SMILES string of the molecule is COc1cc(CN)cc(Oc2cccc(C(F)(F)F)n2)c1. The van der Waals surface area contributed by atoms with E-state index >= 15 is 0 Å². The number of benzene rings is 1. The fourth-order valence-corrected chi connectivity index (χ4v) is 1.68. The second-order valence-electron chi connectivity index (χ2n) is 4.18. The van der Waals surface area contributed by atoms with Crippen LogP contribution < -0.4 is 15.2 Å². The van der Waals surface area contributed by atoms with Gasteiger partial charge in [-0.3, -0.25) is 0 Å². The molecule has 21 heavy (non-hydrogen) atoms. The Morgan fingerprint density at radius 3 is 2.48 bits per heavy atom. The molecule has 0 fully saturated rings. The third-order valence-corrected chi connectivity index (χ3v) is 2.65. The Bertz CT molecular complexity index is 608. The predicted molar refractivity (Wildman–Crippen MR) is 70.2 cm³/mol. The first-order valence-corrected chi connectivity index (χ1v) is 6.02. The van der Waals surface area contributed by atoms with E-state index in [1.54, 1.807) is 18.2 Å². The van der Waals surface area contributed by atoms with Gasteiger partial charge in [0.1, 0.15) is 17.2 Å². The highest BCUT2D eigenvalue weighted by Crippen LogP contribution is 2.31. The van der Waals surface area contributed by atoms with Crippen molar-refractivity contribution in [1.82, 2.24) is 4.98 Å². The van der Waals surface area contributed by atoms with Gasteiger partial charge in [0.05, 0.1) is 7.11 Å². The molecule has 0 saturated carbocycles. The summed E-state index contributed by atoms with van der Waals surface area (Å²) in [5, 5.41) is 0. The van der Waals surface area contributed by atoms with E-state index in [0.717, 1.165) is 11.6 Å². The van der Waals surface area contributed by atoms with Gasteiger partial charge in [-0.2, -0.15) is 13.2 Å². The van der Waals surface area contributed by atoms with Crippen LogP contribution in [0.1, 0.15) is 11.3 Å². The molecule has 0 atom stereocenters. The van der Waals surface area contributed by atoms with Crippen LogP contribution in [0.5, 0.6) is 17.4 Å². The van der Waals surface area contributed by atoms with Crippen molar-refractivity contribution >= 4 is 0 Å². The minimum Gasteiger partial charge on any atom is -0.497 e. The number of ether oxygens (including phenoxy) is 2. The van der Waals surface area contributed by atoms with Crippen molar-refractivity contribution in [3.8, 4) is 17.4 Å². The second-order valence-corrected chi connectivity index (χ2v) is 4.18. The van der Waals surface area contributed by atoms with E-state index in [4.69, 9.17) is 15.2 Å². The molecule has 0 spiro atoms. The molecule has 0 unspecified atom stereocenters. The second kappa shape index (κ2) is 6.01. The normalized spacial score (nSPS) is 11.3. The number of rotatable bonds is 4. The summed E-state index contributed by atoms with van der Waals surface area (Å²) in [6.07, 6.45) is -4.52. The maximum atomic E-state index is 12.6. The molecule has 1 heterocycles. The summed E-state index contributed by atoms with van der Waals surface area (Å²) < 4.78 is 48.2. The number of methoxy groups -OCH3 is 1. The van der Waals surface area contributed by atoms with Crippen molar-refractivity contribution in [3.05, 3.63) is 47.7 Å². The van der Waals surface area contributed by atoms with Gasteiger partial charge in [-0.25, -0.2) is 4.98 Å². The summed E-state index contributed by atoms with van der Waals surface area (Å²) in [6.45, 7) is 0.254. The van der Waals surface area contributed by atoms with Crippen molar-refractivity contribution in [3.63, 3.8) is 0 Å². The molecule has 0 aliphatic carbocycles. The number of hydrogen-bond donors (Lipinski definition) is 1. The number of alkyl halides is 3. The number of pyridine rings is 1. The zero-order valence-electron chi connectivity index (χ0n) is 11.1. The Hall–Kier alpha value is -2.28. The topological polar surface area (TPSA) is 57.4 Å². The van der Waals surface area contributed by atoms with Gasteiger partial charge in [0.15, 0.2) is 0 Å². The van der Waals surface area contributed by atoms with E-state index in [9.17, 15) is 13.2 Å². The minimum absolute atomic E-state index is 0.152. The van der Waals surface area contributed by atoms with Gasteiger partial charge >= 0.3 is 6.18 Å². The number of nitrogens with two attached hydrogens (primary N) is 1. The first-order valence-electron chi connectivity index (χ1n) is 6.02. The monoisotopic (exact) mass is 298 g/mol. The molecule has 1 aromatic heterocycles. The quantitative estimate of drug-likeness (QED) is 0.940. The predicted octanol–water partition coefficient (Wildman–Crippen LogP) is 3.36. The van der Waals surface area contributed by atoms with Crippen LogP contribution in [-0.2, 0) is 12.7 Å². The Morgan fingerprint density at radius 1 is 1.14 bits per heavy atom. The Kier molecular flexibility index (Phi) is 4.32. The van der Waals surface area contributed by atoms with E-state index in [0.29, 0.717) is 11.5 Å². The van der Waals surface area contributed by atoms with Crippen molar-refractivity contribution in [1.29, 1.82) is 0 Å². The molecule has 0 amide bonds. The van der Waals surface area contributed by atoms with Crippen molar-refractivity contribution < 1.29 is 22.6 Å². The number of aromatic nitrogens is 1. The standard InChI is InChI=1S/C14H13F3N2O2/c1-20-10-5-9(8-18)6-11(7-10)21-13-4-2-3-12(19-13)14(15,16)17/h2-7H,8,18H2,1H3. The lowest BCUT2D eigenvalue weighted by Crippen LogP contribution is -2.08. The van der Waals surface area contributed by atoms with Gasteiger partial charge in [0.2, 0.25) is 5.88 Å². The zero-order chi connectivity index (χ0) is 15.5.